The number of aryl methyl sites for hydroxylation is 2. The van der Waals surface area contributed by atoms with E-state index in [0.29, 0.717) is 0 Å². The van der Waals surface area contributed by atoms with Gasteiger partial charge in [-0.05, 0) is 6.92 Å². The quantitative estimate of drug-likeness (QED) is 0.639. The van der Waals surface area contributed by atoms with E-state index in [0.717, 1.165) is 6.54 Å². The van der Waals surface area contributed by atoms with Gasteiger partial charge in [-0.25, -0.2) is 4.98 Å². The van der Waals surface area contributed by atoms with Gasteiger partial charge in [-0.2, -0.15) is 0 Å². The molecule has 0 aromatic carbocycles. The summed E-state index contributed by atoms with van der Waals surface area (Å²) in [5.41, 5.74) is 1.18. The molecule has 0 spiro atoms. The highest BCUT2D eigenvalue weighted by atomic mass is 32.2. The number of hydrogen-bond acceptors (Lipinski definition) is 2. The molecule has 1 aliphatic heterocycles. The van der Waals surface area contributed by atoms with Crippen LogP contribution in [0.15, 0.2) is 11.4 Å². The SMILES string of the molecule is CC.CC.Cc1ncn2c1SCC2. The number of aromatic nitrogens is 2. The molecular weight excluding hydrogens is 180 g/mol. The van der Waals surface area contributed by atoms with Crippen molar-refractivity contribution in [2.24, 2.45) is 0 Å². The lowest BCUT2D eigenvalue weighted by molar-refractivity contribution is 0.734. The number of imidazole rings is 1. The van der Waals surface area contributed by atoms with E-state index < -0.39 is 0 Å². The first-order valence-corrected chi connectivity index (χ1v) is 6.01. The first kappa shape index (κ1) is 12.6. The van der Waals surface area contributed by atoms with E-state index >= 15 is 0 Å². The average molecular weight is 200 g/mol. The van der Waals surface area contributed by atoms with Crippen molar-refractivity contribution in [3.8, 4) is 0 Å². The lowest BCUT2D eigenvalue weighted by atomic mass is 10.5. The van der Waals surface area contributed by atoms with Crippen LogP contribution in [0.1, 0.15) is 33.4 Å². The Kier molecular flexibility index (Phi) is 6.77. The standard InChI is InChI=1S/C6H8N2S.2C2H6/c1-5-6-8(4-7-5)2-3-9-6;2*1-2/h4H,2-3H2,1H3;2*1-2H3. The highest BCUT2D eigenvalue weighted by Gasteiger charge is 2.12. The number of nitrogens with zero attached hydrogens (tertiary/aromatic N) is 2. The van der Waals surface area contributed by atoms with Crippen LogP contribution in [0, 0.1) is 6.92 Å². The van der Waals surface area contributed by atoms with E-state index in [1.807, 2.05) is 45.8 Å². The van der Waals surface area contributed by atoms with Crippen LogP contribution in [0.3, 0.4) is 0 Å². The Morgan fingerprint density at radius 3 is 2.46 bits per heavy atom. The summed E-state index contributed by atoms with van der Waals surface area (Å²) in [5.74, 6) is 1.22. The molecule has 1 aliphatic rings. The largest absolute Gasteiger partial charge is 0.325 e. The Hall–Kier alpha value is -0.440. The molecule has 0 atom stereocenters. The zero-order chi connectivity index (χ0) is 10.3. The number of fused-ring (bicyclic) bond motifs is 1. The zero-order valence-electron chi connectivity index (χ0n) is 9.29. The molecule has 0 aliphatic carbocycles. The predicted octanol–water partition coefficient (Wildman–Crippen LogP) is 3.35. The van der Waals surface area contributed by atoms with Gasteiger partial charge in [0.05, 0.1) is 17.0 Å². The normalized spacial score (nSPS) is 12.1. The highest BCUT2D eigenvalue weighted by molar-refractivity contribution is 7.99. The third-order valence-corrected chi connectivity index (χ3v) is 2.72. The van der Waals surface area contributed by atoms with Gasteiger partial charge in [-0.15, -0.1) is 11.8 Å². The molecule has 13 heavy (non-hydrogen) atoms. The maximum atomic E-state index is 4.18. The molecule has 0 fully saturated rings. The van der Waals surface area contributed by atoms with E-state index in [-0.39, 0.29) is 0 Å². The van der Waals surface area contributed by atoms with Crippen molar-refractivity contribution in [3.05, 3.63) is 12.0 Å². The van der Waals surface area contributed by atoms with Crippen LogP contribution in [0.4, 0.5) is 0 Å². The maximum Gasteiger partial charge on any atom is 0.0976 e. The van der Waals surface area contributed by atoms with Crippen molar-refractivity contribution >= 4 is 11.8 Å². The highest BCUT2D eigenvalue weighted by Crippen LogP contribution is 2.27. The third-order valence-electron chi connectivity index (χ3n) is 1.53. The predicted molar refractivity (Wildman–Crippen MR) is 60.4 cm³/mol. The average Bonchev–Trinajstić information content (AvgIpc) is 2.78. The second kappa shape index (κ2) is 7.01. The summed E-state index contributed by atoms with van der Waals surface area (Å²) in [7, 11) is 0. The molecule has 0 N–H and O–H groups in total. The third kappa shape index (κ3) is 3.07. The first-order valence-electron chi connectivity index (χ1n) is 5.02. The fraction of sp³-hybridized carbons (Fsp3) is 0.700. The van der Waals surface area contributed by atoms with E-state index in [4.69, 9.17) is 0 Å². The van der Waals surface area contributed by atoms with Gasteiger partial charge < -0.3 is 4.57 Å². The van der Waals surface area contributed by atoms with Gasteiger partial charge in [-0.3, -0.25) is 0 Å². The Bertz CT molecular complexity index is 231. The molecule has 2 heterocycles. The van der Waals surface area contributed by atoms with Crippen molar-refractivity contribution in [3.63, 3.8) is 0 Å². The summed E-state index contributed by atoms with van der Waals surface area (Å²) in [6, 6.07) is 0. The number of rotatable bonds is 0. The smallest absolute Gasteiger partial charge is 0.0976 e. The van der Waals surface area contributed by atoms with Crippen LogP contribution < -0.4 is 0 Å². The Morgan fingerprint density at radius 2 is 1.92 bits per heavy atom. The molecule has 2 nitrogen and oxygen atoms in total. The van der Waals surface area contributed by atoms with E-state index in [9.17, 15) is 0 Å². The molecule has 0 amide bonds. The van der Waals surface area contributed by atoms with E-state index in [2.05, 4.69) is 16.5 Å². The summed E-state index contributed by atoms with van der Waals surface area (Å²) >= 11 is 1.90. The summed E-state index contributed by atoms with van der Waals surface area (Å²) in [5, 5.41) is 1.36. The van der Waals surface area contributed by atoms with Crippen molar-refractivity contribution in [2.45, 2.75) is 46.2 Å². The fourth-order valence-corrected chi connectivity index (χ4v) is 2.11. The summed E-state index contributed by atoms with van der Waals surface area (Å²) < 4.78 is 2.21. The molecule has 0 radical (unpaired) electrons. The van der Waals surface area contributed by atoms with Crippen LogP contribution in [-0.4, -0.2) is 15.3 Å². The minimum atomic E-state index is 1.14. The van der Waals surface area contributed by atoms with Gasteiger partial charge in [0.15, 0.2) is 0 Å². The van der Waals surface area contributed by atoms with Gasteiger partial charge >= 0.3 is 0 Å². The lowest BCUT2D eigenvalue weighted by Crippen LogP contribution is -1.88. The zero-order valence-corrected chi connectivity index (χ0v) is 10.1. The molecule has 0 bridgehead atoms. The van der Waals surface area contributed by atoms with E-state index in [1.54, 1.807) is 0 Å². The molecule has 3 heteroatoms. The Morgan fingerprint density at radius 1 is 1.31 bits per heavy atom. The second-order valence-corrected chi connectivity index (χ2v) is 3.26. The molecule has 76 valence electrons. The Balaban J connectivity index is 0.000000322. The summed E-state index contributed by atoms with van der Waals surface area (Å²) in [6.07, 6.45) is 1.92. The van der Waals surface area contributed by atoms with Gasteiger partial charge in [0.1, 0.15) is 0 Å². The van der Waals surface area contributed by atoms with Crippen molar-refractivity contribution < 1.29 is 0 Å². The molecule has 1 aromatic rings. The molecule has 2 rings (SSSR count). The minimum Gasteiger partial charge on any atom is -0.325 e. The lowest BCUT2D eigenvalue weighted by Gasteiger charge is -1.89. The van der Waals surface area contributed by atoms with Gasteiger partial charge in [-0.1, -0.05) is 27.7 Å². The molecule has 0 saturated heterocycles. The van der Waals surface area contributed by atoms with Crippen molar-refractivity contribution in [2.75, 3.05) is 5.75 Å². The van der Waals surface area contributed by atoms with Gasteiger partial charge in [0.2, 0.25) is 0 Å². The fourth-order valence-electron chi connectivity index (χ4n) is 1.06. The van der Waals surface area contributed by atoms with Crippen molar-refractivity contribution in [1.29, 1.82) is 0 Å². The number of thioether (sulfide) groups is 1. The van der Waals surface area contributed by atoms with Crippen LogP contribution in [0.5, 0.6) is 0 Å². The number of hydrogen-bond donors (Lipinski definition) is 0. The van der Waals surface area contributed by atoms with Crippen LogP contribution in [0.2, 0.25) is 0 Å². The van der Waals surface area contributed by atoms with Crippen LogP contribution in [-0.2, 0) is 6.54 Å². The molecular formula is C10H20N2S. The maximum absolute atomic E-state index is 4.18. The molecule has 1 aromatic heterocycles. The van der Waals surface area contributed by atoms with Gasteiger partial charge in [0.25, 0.3) is 0 Å². The van der Waals surface area contributed by atoms with E-state index in [1.165, 1.54) is 16.5 Å². The topological polar surface area (TPSA) is 17.8 Å². The molecule has 0 saturated carbocycles. The van der Waals surface area contributed by atoms with Crippen molar-refractivity contribution in [1.82, 2.24) is 9.55 Å². The minimum absolute atomic E-state index is 1.14. The Labute approximate surface area is 85.8 Å². The van der Waals surface area contributed by atoms with Gasteiger partial charge in [0, 0.05) is 12.3 Å². The molecule has 0 unspecified atom stereocenters. The van der Waals surface area contributed by atoms with Crippen LogP contribution in [0.25, 0.3) is 0 Å². The summed E-state index contributed by atoms with van der Waals surface area (Å²) in [6.45, 7) is 11.2. The second-order valence-electron chi connectivity index (χ2n) is 2.18. The summed E-state index contributed by atoms with van der Waals surface area (Å²) in [4.78, 5) is 4.18. The van der Waals surface area contributed by atoms with Crippen LogP contribution >= 0.6 is 11.8 Å². The monoisotopic (exact) mass is 200 g/mol. The first-order chi connectivity index (χ1) is 6.38.